The van der Waals surface area contributed by atoms with E-state index in [1.807, 2.05) is 6.92 Å². The molecule has 1 fully saturated rings. The van der Waals surface area contributed by atoms with E-state index in [1.54, 1.807) is 17.0 Å². The molecule has 0 unspecified atom stereocenters. The molecule has 1 heterocycles. The van der Waals surface area contributed by atoms with Crippen molar-refractivity contribution in [2.24, 2.45) is 0 Å². The van der Waals surface area contributed by atoms with Gasteiger partial charge in [0.25, 0.3) is 5.69 Å². The number of ether oxygens (including phenoxy) is 1. The minimum atomic E-state index is -0.443. The van der Waals surface area contributed by atoms with Gasteiger partial charge in [0.15, 0.2) is 0 Å². The van der Waals surface area contributed by atoms with Gasteiger partial charge < -0.3 is 9.64 Å². The Morgan fingerprint density at radius 2 is 2.11 bits per heavy atom. The van der Waals surface area contributed by atoms with Gasteiger partial charge in [0.2, 0.25) is 5.91 Å². The van der Waals surface area contributed by atoms with Crippen LogP contribution in [-0.4, -0.2) is 42.0 Å². The number of carbonyl (C=O) groups is 1. The Morgan fingerprint density at radius 3 is 2.74 bits per heavy atom. The molecule has 1 aliphatic heterocycles. The van der Waals surface area contributed by atoms with Gasteiger partial charge >= 0.3 is 0 Å². The molecule has 1 aromatic rings. The highest BCUT2D eigenvalue weighted by atomic mass is 16.6. The summed E-state index contributed by atoms with van der Waals surface area (Å²) < 4.78 is 5.18. The number of nitro benzene ring substituents is 1. The third-order valence-corrected chi connectivity index (χ3v) is 3.14. The van der Waals surface area contributed by atoms with Gasteiger partial charge in [0.05, 0.1) is 24.6 Å². The highest BCUT2D eigenvalue weighted by Crippen LogP contribution is 2.21. The first-order valence-corrected chi connectivity index (χ1v) is 6.17. The average molecular weight is 264 g/mol. The van der Waals surface area contributed by atoms with Crippen LogP contribution >= 0.6 is 0 Å². The van der Waals surface area contributed by atoms with E-state index >= 15 is 0 Å². The maximum atomic E-state index is 12.1. The maximum absolute atomic E-state index is 12.1. The van der Waals surface area contributed by atoms with Crippen molar-refractivity contribution in [3.8, 4) is 0 Å². The predicted molar refractivity (Wildman–Crippen MR) is 68.9 cm³/mol. The molecule has 1 aliphatic rings. The molecule has 19 heavy (non-hydrogen) atoms. The Hall–Kier alpha value is -1.95. The first-order chi connectivity index (χ1) is 9.08. The number of amides is 1. The Morgan fingerprint density at radius 1 is 1.42 bits per heavy atom. The summed E-state index contributed by atoms with van der Waals surface area (Å²) in [7, 11) is 0. The highest BCUT2D eigenvalue weighted by molar-refractivity contribution is 5.80. The molecule has 6 heteroatoms. The standard InChI is InChI=1S/C13H16N2O4/c1-10-2-3-12(15(17)18)11(8-10)9-13(16)14-4-6-19-7-5-14/h2-3,8H,4-7,9H2,1H3. The molecule has 1 saturated heterocycles. The zero-order valence-electron chi connectivity index (χ0n) is 10.8. The number of aryl methyl sites for hydroxylation is 1. The lowest BCUT2D eigenvalue weighted by Gasteiger charge is -2.26. The molecule has 0 saturated carbocycles. The van der Waals surface area contributed by atoms with Crippen LogP contribution in [0.25, 0.3) is 0 Å². The number of nitro groups is 1. The molecule has 0 aromatic heterocycles. The SMILES string of the molecule is Cc1ccc([N+](=O)[O-])c(CC(=O)N2CCOCC2)c1. The van der Waals surface area contributed by atoms with Crippen LogP contribution in [0.15, 0.2) is 18.2 Å². The van der Waals surface area contributed by atoms with Crippen LogP contribution in [0, 0.1) is 17.0 Å². The zero-order chi connectivity index (χ0) is 13.8. The van der Waals surface area contributed by atoms with Crippen molar-refractivity contribution >= 4 is 11.6 Å². The Bertz CT molecular complexity index is 495. The van der Waals surface area contributed by atoms with E-state index in [4.69, 9.17) is 4.74 Å². The minimum absolute atomic E-state index is 0.00668. The van der Waals surface area contributed by atoms with Crippen LogP contribution in [0.2, 0.25) is 0 Å². The highest BCUT2D eigenvalue weighted by Gasteiger charge is 2.21. The lowest BCUT2D eigenvalue weighted by molar-refractivity contribution is -0.385. The number of rotatable bonds is 3. The molecular weight excluding hydrogens is 248 g/mol. The topological polar surface area (TPSA) is 72.7 Å². The molecule has 102 valence electrons. The largest absolute Gasteiger partial charge is 0.378 e. The summed E-state index contributed by atoms with van der Waals surface area (Å²) in [5.41, 5.74) is 1.39. The smallest absolute Gasteiger partial charge is 0.273 e. The van der Waals surface area contributed by atoms with Crippen molar-refractivity contribution in [2.75, 3.05) is 26.3 Å². The summed E-state index contributed by atoms with van der Waals surface area (Å²) in [5, 5.41) is 11.0. The first-order valence-electron chi connectivity index (χ1n) is 6.17. The summed E-state index contributed by atoms with van der Waals surface area (Å²) in [6, 6.07) is 4.84. The number of carbonyl (C=O) groups excluding carboxylic acids is 1. The van der Waals surface area contributed by atoms with Gasteiger partial charge in [-0.15, -0.1) is 0 Å². The molecule has 0 aliphatic carbocycles. The minimum Gasteiger partial charge on any atom is -0.378 e. The molecule has 0 radical (unpaired) electrons. The number of morpholine rings is 1. The third kappa shape index (κ3) is 3.29. The fourth-order valence-electron chi connectivity index (χ4n) is 2.12. The van der Waals surface area contributed by atoms with Gasteiger partial charge in [-0.1, -0.05) is 11.6 Å². The van der Waals surface area contributed by atoms with E-state index in [2.05, 4.69) is 0 Å². The van der Waals surface area contributed by atoms with E-state index in [-0.39, 0.29) is 18.0 Å². The Balaban J connectivity index is 2.15. The molecule has 0 N–H and O–H groups in total. The van der Waals surface area contributed by atoms with Crippen LogP contribution in [0.4, 0.5) is 5.69 Å². The van der Waals surface area contributed by atoms with Crippen LogP contribution in [0.5, 0.6) is 0 Å². The van der Waals surface area contributed by atoms with Gasteiger partial charge in [0.1, 0.15) is 0 Å². The second kappa shape index (κ2) is 5.79. The van der Waals surface area contributed by atoms with Gasteiger partial charge in [-0.3, -0.25) is 14.9 Å². The van der Waals surface area contributed by atoms with Crippen molar-refractivity contribution in [3.63, 3.8) is 0 Å². The van der Waals surface area contributed by atoms with Crippen molar-refractivity contribution in [2.45, 2.75) is 13.3 Å². The zero-order valence-corrected chi connectivity index (χ0v) is 10.8. The fourth-order valence-corrected chi connectivity index (χ4v) is 2.12. The Labute approximate surface area is 111 Å². The molecule has 1 aromatic carbocycles. The van der Waals surface area contributed by atoms with Crippen molar-refractivity contribution in [1.29, 1.82) is 0 Å². The lowest BCUT2D eigenvalue weighted by Crippen LogP contribution is -2.41. The molecule has 6 nitrogen and oxygen atoms in total. The van der Waals surface area contributed by atoms with Crippen LogP contribution in [-0.2, 0) is 16.0 Å². The van der Waals surface area contributed by atoms with Gasteiger partial charge in [-0.05, 0) is 13.0 Å². The molecule has 0 spiro atoms. The molecule has 2 rings (SSSR count). The summed E-state index contributed by atoms with van der Waals surface area (Å²) >= 11 is 0. The van der Waals surface area contributed by atoms with Crippen molar-refractivity contribution in [1.82, 2.24) is 4.90 Å². The van der Waals surface area contributed by atoms with E-state index < -0.39 is 4.92 Å². The van der Waals surface area contributed by atoms with Crippen LogP contribution < -0.4 is 0 Å². The third-order valence-electron chi connectivity index (χ3n) is 3.14. The van der Waals surface area contributed by atoms with Crippen LogP contribution in [0.3, 0.4) is 0 Å². The maximum Gasteiger partial charge on any atom is 0.273 e. The monoisotopic (exact) mass is 264 g/mol. The lowest BCUT2D eigenvalue weighted by atomic mass is 10.1. The molecule has 0 atom stereocenters. The number of benzene rings is 1. The van der Waals surface area contributed by atoms with E-state index in [0.717, 1.165) is 5.56 Å². The van der Waals surface area contributed by atoms with E-state index in [0.29, 0.717) is 31.9 Å². The van der Waals surface area contributed by atoms with Gasteiger partial charge in [-0.2, -0.15) is 0 Å². The normalized spacial score (nSPS) is 15.3. The van der Waals surface area contributed by atoms with Crippen molar-refractivity contribution < 1.29 is 14.5 Å². The summed E-state index contributed by atoms with van der Waals surface area (Å²) in [6.45, 7) is 4.02. The second-order valence-corrected chi connectivity index (χ2v) is 4.56. The predicted octanol–water partition coefficient (Wildman–Crippen LogP) is 1.30. The summed E-state index contributed by atoms with van der Waals surface area (Å²) in [4.78, 5) is 24.3. The average Bonchev–Trinajstić information content (AvgIpc) is 2.39. The van der Waals surface area contributed by atoms with Crippen molar-refractivity contribution in [3.05, 3.63) is 39.4 Å². The summed E-state index contributed by atoms with van der Waals surface area (Å²) in [5.74, 6) is -0.0861. The number of nitrogens with zero attached hydrogens (tertiary/aromatic N) is 2. The quantitative estimate of drug-likeness (QED) is 0.609. The second-order valence-electron chi connectivity index (χ2n) is 4.56. The van der Waals surface area contributed by atoms with E-state index in [9.17, 15) is 14.9 Å². The van der Waals surface area contributed by atoms with Crippen LogP contribution in [0.1, 0.15) is 11.1 Å². The Kier molecular flexibility index (Phi) is 4.11. The number of hydrogen-bond donors (Lipinski definition) is 0. The molecule has 1 amide bonds. The summed E-state index contributed by atoms with van der Waals surface area (Å²) in [6.07, 6.45) is 0.0675. The number of hydrogen-bond acceptors (Lipinski definition) is 4. The first kappa shape index (κ1) is 13.5. The molecule has 0 bridgehead atoms. The van der Waals surface area contributed by atoms with E-state index in [1.165, 1.54) is 6.07 Å². The van der Waals surface area contributed by atoms with Gasteiger partial charge in [0, 0.05) is 24.7 Å². The van der Waals surface area contributed by atoms with Gasteiger partial charge in [-0.25, -0.2) is 0 Å². The molecular formula is C13H16N2O4. The fraction of sp³-hybridized carbons (Fsp3) is 0.462.